The molecule has 0 aliphatic rings. The molecule has 0 radical (unpaired) electrons. The first-order valence-corrected chi connectivity index (χ1v) is 5.60. The van der Waals surface area contributed by atoms with Crippen LogP contribution in [0.4, 0.5) is 0 Å². The summed E-state index contributed by atoms with van der Waals surface area (Å²) in [5.74, 6) is 1.07. The molecule has 3 unspecified atom stereocenters. The van der Waals surface area contributed by atoms with Crippen LogP contribution in [0.3, 0.4) is 0 Å². The first kappa shape index (κ1) is 13.9. The van der Waals surface area contributed by atoms with Gasteiger partial charge < -0.3 is 10.2 Å². The maximum Gasteiger partial charge on any atom is 0.0900 e. The van der Waals surface area contributed by atoms with Crippen LogP contribution in [0.5, 0.6) is 0 Å². The fraction of sp³-hybridized carbons (Fsp3) is 1.00. The van der Waals surface area contributed by atoms with E-state index in [9.17, 15) is 10.2 Å². The van der Waals surface area contributed by atoms with E-state index in [1.807, 2.05) is 13.8 Å². The molecule has 0 saturated heterocycles. The Bertz CT molecular complexity index is 162. The molecule has 0 heterocycles. The van der Waals surface area contributed by atoms with Crippen molar-refractivity contribution in [1.29, 1.82) is 0 Å². The minimum atomic E-state index is -0.969. The van der Waals surface area contributed by atoms with Gasteiger partial charge in [-0.25, -0.2) is 0 Å². The Hall–Kier alpha value is -0.0800. The molecule has 0 aromatic rings. The Morgan fingerprint density at radius 3 is 1.79 bits per heavy atom. The molecule has 86 valence electrons. The van der Waals surface area contributed by atoms with Crippen LogP contribution in [0.1, 0.15) is 48.0 Å². The molecule has 0 rings (SSSR count). The third-order valence-electron chi connectivity index (χ3n) is 3.58. The fourth-order valence-corrected chi connectivity index (χ4v) is 1.25. The maximum atomic E-state index is 10.0. The lowest BCUT2D eigenvalue weighted by Crippen LogP contribution is -2.45. The molecule has 2 nitrogen and oxygen atoms in total. The van der Waals surface area contributed by atoms with Gasteiger partial charge in [-0.2, -0.15) is 0 Å². The molecule has 0 aliphatic heterocycles. The molecule has 0 aliphatic carbocycles. The number of hydrogen-bond donors (Lipinski definition) is 2. The van der Waals surface area contributed by atoms with Crippen molar-refractivity contribution in [3.05, 3.63) is 0 Å². The van der Waals surface area contributed by atoms with E-state index in [1.165, 1.54) is 0 Å². The molecule has 0 saturated carbocycles. The summed E-state index contributed by atoms with van der Waals surface area (Å²) in [4.78, 5) is 0. The molecule has 0 fully saturated rings. The second-order valence-electron chi connectivity index (χ2n) is 5.35. The van der Waals surface area contributed by atoms with Crippen LogP contribution in [-0.4, -0.2) is 21.9 Å². The SMILES string of the molecule is CC(C)C(C)CC(O)C(C)(O)C(C)C. The summed E-state index contributed by atoms with van der Waals surface area (Å²) >= 11 is 0. The van der Waals surface area contributed by atoms with Crippen molar-refractivity contribution in [1.82, 2.24) is 0 Å². The summed E-state index contributed by atoms with van der Waals surface area (Å²) in [6.45, 7) is 12.0. The van der Waals surface area contributed by atoms with E-state index in [1.54, 1.807) is 6.92 Å². The van der Waals surface area contributed by atoms with Gasteiger partial charge in [0.05, 0.1) is 11.7 Å². The lowest BCUT2D eigenvalue weighted by molar-refractivity contribution is -0.101. The fourth-order valence-electron chi connectivity index (χ4n) is 1.25. The molecular weight excluding hydrogens is 176 g/mol. The molecule has 14 heavy (non-hydrogen) atoms. The zero-order chi connectivity index (χ0) is 11.5. The second-order valence-corrected chi connectivity index (χ2v) is 5.35. The third kappa shape index (κ3) is 3.58. The second kappa shape index (κ2) is 5.13. The van der Waals surface area contributed by atoms with E-state index in [0.717, 1.165) is 0 Å². The van der Waals surface area contributed by atoms with E-state index in [2.05, 4.69) is 20.8 Å². The van der Waals surface area contributed by atoms with E-state index < -0.39 is 11.7 Å². The largest absolute Gasteiger partial charge is 0.390 e. The summed E-state index contributed by atoms with van der Waals surface area (Å²) in [6, 6.07) is 0. The lowest BCUT2D eigenvalue weighted by atomic mass is 9.80. The van der Waals surface area contributed by atoms with E-state index in [-0.39, 0.29) is 5.92 Å². The zero-order valence-electron chi connectivity index (χ0n) is 10.4. The average molecular weight is 202 g/mol. The van der Waals surface area contributed by atoms with Gasteiger partial charge in [0.15, 0.2) is 0 Å². The highest BCUT2D eigenvalue weighted by atomic mass is 16.3. The smallest absolute Gasteiger partial charge is 0.0900 e. The highest BCUT2D eigenvalue weighted by Gasteiger charge is 2.34. The highest BCUT2D eigenvalue weighted by molar-refractivity contribution is 4.85. The first-order valence-electron chi connectivity index (χ1n) is 5.60. The van der Waals surface area contributed by atoms with E-state index >= 15 is 0 Å². The van der Waals surface area contributed by atoms with Crippen molar-refractivity contribution in [2.24, 2.45) is 17.8 Å². The Morgan fingerprint density at radius 1 is 1.07 bits per heavy atom. The monoisotopic (exact) mass is 202 g/mol. The van der Waals surface area contributed by atoms with Crippen LogP contribution in [-0.2, 0) is 0 Å². The summed E-state index contributed by atoms with van der Waals surface area (Å²) in [5, 5.41) is 20.0. The van der Waals surface area contributed by atoms with Gasteiger partial charge in [0.1, 0.15) is 0 Å². The van der Waals surface area contributed by atoms with Crippen LogP contribution in [0.2, 0.25) is 0 Å². The van der Waals surface area contributed by atoms with E-state index in [0.29, 0.717) is 18.3 Å². The van der Waals surface area contributed by atoms with Gasteiger partial charge in [0.2, 0.25) is 0 Å². The number of rotatable bonds is 5. The van der Waals surface area contributed by atoms with Crippen molar-refractivity contribution in [2.45, 2.75) is 59.7 Å². The van der Waals surface area contributed by atoms with Crippen molar-refractivity contribution >= 4 is 0 Å². The molecule has 0 spiro atoms. The standard InChI is InChI=1S/C12H26O2/c1-8(2)10(5)7-11(13)12(6,14)9(3)4/h8-11,13-14H,7H2,1-6H3. The number of aliphatic hydroxyl groups is 2. The molecule has 2 N–H and O–H groups in total. The third-order valence-corrected chi connectivity index (χ3v) is 3.58. The summed E-state index contributed by atoms with van der Waals surface area (Å²) < 4.78 is 0. The number of aliphatic hydroxyl groups excluding tert-OH is 1. The van der Waals surface area contributed by atoms with Gasteiger partial charge >= 0.3 is 0 Å². The summed E-state index contributed by atoms with van der Waals surface area (Å²) in [7, 11) is 0. The van der Waals surface area contributed by atoms with Crippen LogP contribution in [0.15, 0.2) is 0 Å². The molecular formula is C12H26O2. The van der Waals surface area contributed by atoms with Crippen LogP contribution >= 0.6 is 0 Å². The maximum absolute atomic E-state index is 10.0. The Morgan fingerprint density at radius 2 is 1.50 bits per heavy atom. The normalized spacial score (nSPS) is 21.0. The molecule has 0 bridgehead atoms. The van der Waals surface area contributed by atoms with Crippen LogP contribution in [0, 0.1) is 17.8 Å². The van der Waals surface area contributed by atoms with Crippen LogP contribution in [0.25, 0.3) is 0 Å². The Kier molecular flexibility index (Phi) is 5.10. The minimum absolute atomic E-state index is 0.0804. The van der Waals surface area contributed by atoms with Gasteiger partial charge in [-0.15, -0.1) is 0 Å². The lowest BCUT2D eigenvalue weighted by Gasteiger charge is -2.35. The van der Waals surface area contributed by atoms with Crippen molar-refractivity contribution < 1.29 is 10.2 Å². The average Bonchev–Trinajstić information content (AvgIpc) is 2.03. The minimum Gasteiger partial charge on any atom is -0.390 e. The quantitative estimate of drug-likeness (QED) is 0.719. The molecule has 2 heteroatoms. The summed E-state index contributed by atoms with van der Waals surface area (Å²) in [6.07, 6.45) is 0.0444. The van der Waals surface area contributed by atoms with Gasteiger partial charge in [-0.05, 0) is 31.1 Å². The molecule has 3 atom stereocenters. The highest BCUT2D eigenvalue weighted by Crippen LogP contribution is 2.27. The molecule has 0 aromatic heterocycles. The van der Waals surface area contributed by atoms with Crippen LogP contribution < -0.4 is 0 Å². The number of hydrogen-bond acceptors (Lipinski definition) is 2. The Balaban J connectivity index is 4.26. The van der Waals surface area contributed by atoms with Crippen molar-refractivity contribution in [2.75, 3.05) is 0 Å². The van der Waals surface area contributed by atoms with E-state index in [4.69, 9.17) is 0 Å². The van der Waals surface area contributed by atoms with Crippen molar-refractivity contribution in [3.63, 3.8) is 0 Å². The van der Waals surface area contributed by atoms with Gasteiger partial charge in [-0.3, -0.25) is 0 Å². The molecule has 0 amide bonds. The van der Waals surface area contributed by atoms with Gasteiger partial charge in [0, 0.05) is 0 Å². The Labute approximate surface area is 88.3 Å². The van der Waals surface area contributed by atoms with Gasteiger partial charge in [0.25, 0.3) is 0 Å². The first-order chi connectivity index (χ1) is 6.19. The van der Waals surface area contributed by atoms with Crippen molar-refractivity contribution in [3.8, 4) is 0 Å². The predicted octanol–water partition coefficient (Wildman–Crippen LogP) is 2.44. The molecule has 0 aromatic carbocycles. The predicted molar refractivity (Wildman–Crippen MR) is 60.1 cm³/mol. The topological polar surface area (TPSA) is 40.5 Å². The van der Waals surface area contributed by atoms with Gasteiger partial charge in [-0.1, -0.05) is 34.6 Å². The summed E-state index contributed by atoms with van der Waals surface area (Å²) in [5.41, 5.74) is -0.969. The zero-order valence-corrected chi connectivity index (χ0v) is 10.4.